The maximum Gasteiger partial charge on any atom is 0.317 e. The van der Waals surface area contributed by atoms with Crippen LogP contribution in [0, 0.1) is 0 Å². The van der Waals surface area contributed by atoms with E-state index in [1.54, 1.807) is 30.5 Å². The van der Waals surface area contributed by atoms with Gasteiger partial charge in [-0.15, -0.1) is 0 Å². The number of fused-ring (bicyclic) bond motifs is 1. The fourth-order valence-electron chi connectivity index (χ4n) is 3.91. The number of halogens is 1. The monoisotopic (exact) mass is 440 g/mol. The third-order valence-electron chi connectivity index (χ3n) is 5.63. The van der Waals surface area contributed by atoms with Crippen LogP contribution in [0.4, 0.5) is 4.79 Å². The van der Waals surface area contributed by atoms with Crippen molar-refractivity contribution in [3.05, 3.63) is 59.3 Å². The van der Waals surface area contributed by atoms with Crippen LogP contribution in [0.2, 0.25) is 5.02 Å². The quantitative estimate of drug-likeness (QED) is 0.637. The number of H-pyrrole nitrogens is 1. The van der Waals surface area contributed by atoms with E-state index >= 15 is 0 Å². The van der Waals surface area contributed by atoms with E-state index in [-0.39, 0.29) is 24.4 Å². The lowest BCUT2D eigenvalue weighted by atomic mass is 10.0. The number of likely N-dealkylation sites (N-methyl/N-ethyl adjacent to an activating group) is 1. The van der Waals surface area contributed by atoms with Crippen molar-refractivity contribution in [1.29, 1.82) is 0 Å². The van der Waals surface area contributed by atoms with Gasteiger partial charge in [-0.25, -0.2) is 4.79 Å². The van der Waals surface area contributed by atoms with E-state index in [4.69, 9.17) is 11.6 Å². The Hall–Kier alpha value is -3.13. The molecule has 1 fully saturated rings. The molecule has 2 aromatic heterocycles. The summed E-state index contributed by atoms with van der Waals surface area (Å²) in [4.78, 5) is 40.3. The molecule has 0 spiro atoms. The molecule has 1 aliphatic heterocycles. The van der Waals surface area contributed by atoms with Gasteiger partial charge in [-0.1, -0.05) is 11.6 Å². The highest BCUT2D eigenvalue weighted by molar-refractivity contribution is 6.31. The third kappa shape index (κ3) is 5.14. The number of rotatable bonds is 5. The molecule has 0 saturated carbocycles. The van der Waals surface area contributed by atoms with Gasteiger partial charge < -0.3 is 20.1 Å². The highest BCUT2D eigenvalue weighted by atomic mass is 35.5. The second-order valence-corrected chi connectivity index (χ2v) is 8.24. The van der Waals surface area contributed by atoms with Crippen LogP contribution in [0.1, 0.15) is 24.2 Å². The second kappa shape index (κ2) is 9.34. The van der Waals surface area contributed by atoms with Crippen LogP contribution >= 0.6 is 11.6 Å². The normalized spacial score (nSPS) is 16.3. The van der Waals surface area contributed by atoms with E-state index in [9.17, 15) is 9.59 Å². The number of amides is 3. The van der Waals surface area contributed by atoms with Crippen LogP contribution < -0.4 is 5.32 Å². The zero-order valence-corrected chi connectivity index (χ0v) is 18.1. The number of carbonyl (C=O) groups excluding carboxylic acids is 2. The van der Waals surface area contributed by atoms with Gasteiger partial charge in [-0.2, -0.15) is 0 Å². The Labute approximate surface area is 185 Å². The molecule has 0 unspecified atom stereocenters. The largest absolute Gasteiger partial charge is 0.357 e. The molecule has 1 saturated heterocycles. The van der Waals surface area contributed by atoms with E-state index in [1.165, 1.54) is 0 Å². The number of aromatic amines is 1. The first-order valence-corrected chi connectivity index (χ1v) is 10.7. The summed E-state index contributed by atoms with van der Waals surface area (Å²) in [6, 6.07) is 7.43. The number of nitrogens with zero attached hydrogens (tertiary/aromatic N) is 4. The van der Waals surface area contributed by atoms with Gasteiger partial charge >= 0.3 is 6.03 Å². The number of likely N-dealkylation sites (tertiary alicyclic amines) is 1. The lowest BCUT2D eigenvalue weighted by molar-refractivity contribution is -0.132. The number of aromatic nitrogens is 3. The molecule has 31 heavy (non-hydrogen) atoms. The summed E-state index contributed by atoms with van der Waals surface area (Å²) in [5.74, 6) is 0.00995. The van der Waals surface area contributed by atoms with Crippen molar-refractivity contribution in [1.82, 2.24) is 30.1 Å². The van der Waals surface area contributed by atoms with Crippen molar-refractivity contribution < 1.29 is 9.59 Å². The molecule has 9 heteroatoms. The van der Waals surface area contributed by atoms with Crippen molar-refractivity contribution in [2.24, 2.45) is 0 Å². The molecule has 162 valence electrons. The number of hydrogen-bond acceptors (Lipinski definition) is 4. The summed E-state index contributed by atoms with van der Waals surface area (Å²) in [6.45, 7) is 1.61. The van der Waals surface area contributed by atoms with E-state index < -0.39 is 0 Å². The molecule has 3 amide bonds. The average molecular weight is 441 g/mol. The summed E-state index contributed by atoms with van der Waals surface area (Å²) < 4.78 is 0. The van der Waals surface area contributed by atoms with Crippen molar-refractivity contribution in [2.45, 2.75) is 31.8 Å². The third-order valence-corrected chi connectivity index (χ3v) is 5.87. The minimum Gasteiger partial charge on any atom is -0.357 e. The fourth-order valence-corrected chi connectivity index (χ4v) is 4.09. The Morgan fingerprint density at radius 1 is 1.32 bits per heavy atom. The Bertz CT molecular complexity index is 1070. The molecule has 1 aromatic carbocycles. The number of carbonyl (C=O) groups is 2. The first-order chi connectivity index (χ1) is 15.0. The number of urea groups is 1. The maximum absolute atomic E-state index is 12.7. The number of benzene rings is 1. The smallest absolute Gasteiger partial charge is 0.317 e. The SMILES string of the molecule is CN(C(=O)NCc1cc2cc(Cl)ccc2[nH]1)[C@@H]1CCCN(C(=O)Cc2cnccn2)C1. The van der Waals surface area contributed by atoms with Crippen LogP contribution in [0.25, 0.3) is 10.9 Å². The molecule has 0 bridgehead atoms. The predicted molar refractivity (Wildman–Crippen MR) is 119 cm³/mol. The Kier molecular flexibility index (Phi) is 6.36. The molecule has 3 aromatic rings. The van der Waals surface area contributed by atoms with Gasteiger partial charge in [-0.3, -0.25) is 14.8 Å². The standard InChI is InChI=1S/C22H25ClN6O2/c1-28(22(31)26-13-18-10-15-9-16(23)4-5-20(15)27-18)19-3-2-8-29(14-19)21(30)11-17-12-24-6-7-25-17/h4-7,9-10,12,19,27H,2-3,8,11,13-14H2,1H3,(H,26,31)/t19-/m1/s1. The molecule has 3 heterocycles. The van der Waals surface area contributed by atoms with Gasteiger partial charge in [0.2, 0.25) is 5.91 Å². The summed E-state index contributed by atoms with van der Waals surface area (Å²) >= 11 is 6.04. The van der Waals surface area contributed by atoms with Crippen molar-refractivity contribution >= 4 is 34.4 Å². The summed E-state index contributed by atoms with van der Waals surface area (Å²) in [5, 5.41) is 4.64. The van der Waals surface area contributed by atoms with Crippen LogP contribution in [0.15, 0.2) is 42.9 Å². The maximum atomic E-state index is 12.7. The topological polar surface area (TPSA) is 94.2 Å². The van der Waals surface area contributed by atoms with E-state index in [0.29, 0.717) is 30.4 Å². The number of hydrogen-bond donors (Lipinski definition) is 2. The van der Waals surface area contributed by atoms with E-state index in [0.717, 1.165) is 29.4 Å². The van der Waals surface area contributed by atoms with Crippen LogP contribution in [0.5, 0.6) is 0 Å². The fraction of sp³-hybridized carbons (Fsp3) is 0.364. The van der Waals surface area contributed by atoms with Gasteiger partial charge in [0.1, 0.15) is 0 Å². The van der Waals surface area contributed by atoms with Crippen molar-refractivity contribution in [3.8, 4) is 0 Å². The number of piperidine rings is 1. The Balaban J connectivity index is 1.31. The molecule has 1 aliphatic rings. The summed E-state index contributed by atoms with van der Waals surface area (Å²) in [5.41, 5.74) is 2.54. The van der Waals surface area contributed by atoms with Gasteiger partial charge in [0.05, 0.1) is 24.7 Å². The highest BCUT2D eigenvalue weighted by Crippen LogP contribution is 2.20. The molecule has 4 rings (SSSR count). The molecule has 2 N–H and O–H groups in total. The molecule has 1 atom stereocenters. The van der Waals surface area contributed by atoms with Crippen molar-refractivity contribution in [2.75, 3.05) is 20.1 Å². The molecular formula is C22H25ClN6O2. The molecule has 0 aliphatic carbocycles. The minimum absolute atomic E-state index is 0.00995. The molecule has 8 nitrogen and oxygen atoms in total. The minimum atomic E-state index is -0.162. The zero-order chi connectivity index (χ0) is 21.8. The predicted octanol–water partition coefficient (Wildman–Crippen LogP) is 2.99. The first kappa shape index (κ1) is 21.1. The van der Waals surface area contributed by atoms with Crippen LogP contribution in [0.3, 0.4) is 0 Å². The van der Waals surface area contributed by atoms with Gasteiger partial charge in [0.25, 0.3) is 0 Å². The van der Waals surface area contributed by atoms with Crippen LogP contribution in [-0.4, -0.2) is 62.9 Å². The summed E-state index contributed by atoms with van der Waals surface area (Å²) in [6.07, 6.45) is 6.73. The molecule has 0 radical (unpaired) electrons. The second-order valence-electron chi connectivity index (χ2n) is 7.81. The number of nitrogens with one attached hydrogen (secondary N) is 2. The van der Waals surface area contributed by atoms with E-state index in [2.05, 4.69) is 20.3 Å². The lowest BCUT2D eigenvalue weighted by Crippen LogP contribution is -2.52. The Morgan fingerprint density at radius 2 is 2.19 bits per heavy atom. The first-order valence-electron chi connectivity index (χ1n) is 10.3. The van der Waals surface area contributed by atoms with Crippen LogP contribution in [-0.2, 0) is 17.8 Å². The zero-order valence-electron chi connectivity index (χ0n) is 17.3. The average Bonchev–Trinajstić information content (AvgIpc) is 3.19. The Morgan fingerprint density at radius 3 is 3.00 bits per heavy atom. The molecular weight excluding hydrogens is 416 g/mol. The van der Waals surface area contributed by atoms with Gasteiger partial charge in [-0.05, 0) is 37.1 Å². The van der Waals surface area contributed by atoms with Gasteiger partial charge in [0.15, 0.2) is 0 Å². The highest BCUT2D eigenvalue weighted by Gasteiger charge is 2.28. The van der Waals surface area contributed by atoms with E-state index in [1.807, 2.05) is 29.2 Å². The summed E-state index contributed by atoms with van der Waals surface area (Å²) in [7, 11) is 1.78. The lowest BCUT2D eigenvalue weighted by Gasteiger charge is -2.37. The van der Waals surface area contributed by atoms with Gasteiger partial charge in [0, 0.05) is 60.3 Å². The van der Waals surface area contributed by atoms with Crippen molar-refractivity contribution in [3.63, 3.8) is 0 Å².